The monoisotopic (exact) mass is 164 g/mol. The van der Waals surface area contributed by atoms with Gasteiger partial charge in [0.25, 0.3) is 0 Å². The highest BCUT2D eigenvalue weighted by molar-refractivity contribution is 5.82. The Bertz CT molecular complexity index is 274. The Morgan fingerprint density at radius 1 is 1.33 bits per heavy atom. The van der Waals surface area contributed by atoms with Crippen LogP contribution in [-0.4, -0.2) is 10.9 Å². The van der Waals surface area contributed by atoms with Crippen LogP contribution in [0.15, 0.2) is 24.3 Å². The van der Waals surface area contributed by atoms with Crippen LogP contribution >= 0.6 is 0 Å². The maximum atomic E-state index is 11.0. The van der Waals surface area contributed by atoms with E-state index in [-0.39, 0.29) is 17.5 Å². The van der Waals surface area contributed by atoms with Gasteiger partial charge in [-0.1, -0.05) is 19.1 Å². The molecule has 64 valence electrons. The standard InChI is InChI=1S/C10H12O2/c1-7(8(2)11)9-3-5-10(12)6-4-9/h3-7,12H,1-2H3. The molecule has 0 saturated carbocycles. The number of benzene rings is 1. The van der Waals surface area contributed by atoms with E-state index in [2.05, 4.69) is 0 Å². The van der Waals surface area contributed by atoms with Crippen molar-refractivity contribution >= 4 is 5.78 Å². The van der Waals surface area contributed by atoms with Crippen LogP contribution in [-0.2, 0) is 4.79 Å². The van der Waals surface area contributed by atoms with Crippen molar-refractivity contribution in [3.05, 3.63) is 29.8 Å². The summed E-state index contributed by atoms with van der Waals surface area (Å²) in [6.45, 7) is 3.42. The van der Waals surface area contributed by atoms with Gasteiger partial charge in [0.05, 0.1) is 0 Å². The third-order valence-corrected chi connectivity index (χ3v) is 2.00. The summed E-state index contributed by atoms with van der Waals surface area (Å²) in [6.07, 6.45) is 0. The molecule has 0 radical (unpaired) electrons. The lowest BCUT2D eigenvalue weighted by Crippen LogP contribution is -2.03. The third-order valence-electron chi connectivity index (χ3n) is 2.00. The number of hydrogen-bond acceptors (Lipinski definition) is 2. The number of carbonyl (C=O) groups excluding carboxylic acids is 1. The zero-order valence-electron chi connectivity index (χ0n) is 7.24. The van der Waals surface area contributed by atoms with Crippen LogP contribution in [0, 0.1) is 0 Å². The number of phenolic OH excluding ortho intramolecular Hbond substituents is 1. The first-order chi connectivity index (χ1) is 5.61. The molecule has 1 N–H and O–H groups in total. The number of rotatable bonds is 2. The molecule has 1 unspecified atom stereocenters. The van der Waals surface area contributed by atoms with E-state index >= 15 is 0 Å². The average molecular weight is 164 g/mol. The lowest BCUT2D eigenvalue weighted by Gasteiger charge is -2.06. The van der Waals surface area contributed by atoms with Gasteiger partial charge in [0.2, 0.25) is 0 Å². The quantitative estimate of drug-likeness (QED) is 0.726. The van der Waals surface area contributed by atoms with Gasteiger partial charge in [-0.25, -0.2) is 0 Å². The molecule has 0 bridgehead atoms. The van der Waals surface area contributed by atoms with Crippen LogP contribution in [0.5, 0.6) is 5.75 Å². The predicted molar refractivity (Wildman–Crippen MR) is 47.2 cm³/mol. The van der Waals surface area contributed by atoms with Crippen LogP contribution in [0.1, 0.15) is 25.3 Å². The summed E-state index contributed by atoms with van der Waals surface area (Å²) >= 11 is 0. The highest BCUT2D eigenvalue weighted by Gasteiger charge is 2.09. The van der Waals surface area contributed by atoms with Crippen molar-refractivity contribution in [2.24, 2.45) is 0 Å². The van der Waals surface area contributed by atoms with Crippen molar-refractivity contribution in [2.75, 3.05) is 0 Å². The molecule has 0 aromatic heterocycles. The minimum absolute atomic E-state index is 0.0781. The number of carbonyl (C=O) groups is 1. The van der Waals surface area contributed by atoms with E-state index < -0.39 is 0 Å². The molecule has 0 aliphatic carbocycles. The molecule has 0 fully saturated rings. The normalized spacial score (nSPS) is 12.5. The summed E-state index contributed by atoms with van der Waals surface area (Å²) in [5.41, 5.74) is 0.945. The maximum Gasteiger partial charge on any atom is 0.136 e. The Morgan fingerprint density at radius 3 is 2.25 bits per heavy atom. The summed E-state index contributed by atoms with van der Waals surface area (Å²) < 4.78 is 0. The van der Waals surface area contributed by atoms with Crippen LogP contribution in [0.4, 0.5) is 0 Å². The van der Waals surface area contributed by atoms with Crippen LogP contribution in [0.25, 0.3) is 0 Å². The molecule has 1 rings (SSSR count). The second-order valence-electron chi connectivity index (χ2n) is 2.92. The summed E-state index contributed by atoms with van der Waals surface area (Å²) in [6, 6.07) is 6.71. The van der Waals surface area contributed by atoms with Crippen molar-refractivity contribution < 1.29 is 9.90 Å². The van der Waals surface area contributed by atoms with E-state index in [9.17, 15) is 4.79 Å². The number of ketones is 1. The SMILES string of the molecule is CC(=O)C(C)c1ccc(O)cc1. The Morgan fingerprint density at radius 2 is 1.83 bits per heavy atom. The summed E-state index contributed by atoms with van der Waals surface area (Å²) in [5, 5.41) is 8.99. The smallest absolute Gasteiger partial charge is 0.136 e. The van der Waals surface area contributed by atoms with E-state index in [1.165, 1.54) is 0 Å². The highest BCUT2D eigenvalue weighted by atomic mass is 16.3. The van der Waals surface area contributed by atoms with E-state index in [0.717, 1.165) is 5.56 Å². The van der Waals surface area contributed by atoms with Gasteiger partial charge in [0.1, 0.15) is 11.5 Å². The van der Waals surface area contributed by atoms with Crippen molar-refractivity contribution in [3.8, 4) is 5.75 Å². The Kier molecular flexibility index (Phi) is 2.48. The molecule has 2 heteroatoms. The first-order valence-electron chi connectivity index (χ1n) is 3.90. The molecule has 0 aliphatic heterocycles. The molecule has 1 atom stereocenters. The van der Waals surface area contributed by atoms with Crippen LogP contribution in [0.3, 0.4) is 0 Å². The molecule has 12 heavy (non-hydrogen) atoms. The zero-order valence-corrected chi connectivity index (χ0v) is 7.24. The summed E-state index contributed by atoms with van der Waals surface area (Å²) in [4.78, 5) is 11.0. The molecular weight excluding hydrogens is 152 g/mol. The van der Waals surface area contributed by atoms with E-state index in [0.29, 0.717) is 0 Å². The molecule has 1 aromatic carbocycles. The molecule has 0 aliphatic rings. The number of phenols is 1. The predicted octanol–water partition coefficient (Wildman–Crippen LogP) is 2.08. The van der Waals surface area contributed by atoms with Crippen LogP contribution in [0.2, 0.25) is 0 Å². The lowest BCUT2D eigenvalue weighted by atomic mass is 9.98. The zero-order chi connectivity index (χ0) is 9.14. The van der Waals surface area contributed by atoms with Gasteiger partial charge in [0, 0.05) is 5.92 Å². The van der Waals surface area contributed by atoms with Crippen molar-refractivity contribution in [1.82, 2.24) is 0 Å². The van der Waals surface area contributed by atoms with Gasteiger partial charge in [0.15, 0.2) is 0 Å². The van der Waals surface area contributed by atoms with Crippen LogP contribution < -0.4 is 0 Å². The van der Waals surface area contributed by atoms with E-state index in [4.69, 9.17) is 5.11 Å². The highest BCUT2D eigenvalue weighted by Crippen LogP contribution is 2.18. The third kappa shape index (κ3) is 1.84. The Hall–Kier alpha value is -1.31. The second-order valence-corrected chi connectivity index (χ2v) is 2.92. The van der Waals surface area contributed by atoms with Crippen molar-refractivity contribution in [2.45, 2.75) is 19.8 Å². The minimum Gasteiger partial charge on any atom is -0.508 e. The van der Waals surface area contributed by atoms with Crippen molar-refractivity contribution in [1.29, 1.82) is 0 Å². The fraction of sp³-hybridized carbons (Fsp3) is 0.300. The van der Waals surface area contributed by atoms with Gasteiger partial charge in [-0.2, -0.15) is 0 Å². The number of Topliss-reactive ketones (excluding diaryl/α,β-unsaturated/α-hetero) is 1. The number of aromatic hydroxyl groups is 1. The molecule has 0 amide bonds. The average Bonchev–Trinajstić information content (AvgIpc) is 2.04. The van der Waals surface area contributed by atoms with E-state index in [1.54, 1.807) is 31.2 Å². The summed E-state index contributed by atoms with van der Waals surface area (Å²) in [7, 11) is 0. The Balaban J connectivity index is 2.89. The van der Waals surface area contributed by atoms with Gasteiger partial charge in [-0.3, -0.25) is 4.79 Å². The van der Waals surface area contributed by atoms with Crippen molar-refractivity contribution in [3.63, 3.8) is 0 Å². The largest absolute Gasteiger partial charge is 0.508 e. The van der Waals surface area contributed by atoms with Gasteiger partial charge in [-0.15, -0.1) is 0 Å². The molecular formula is C10H12O2. The fourth-order valence-corrected chi connectivity index (χ4v) is 0.998. The van der Waals surface area contributed by atoms with Gasteiger partial charge >= 0.3 is 0 Å². The topological polar surface area (TPSA) is 37.3 Å². The summed E-state index contributed by atoms with van der Waals surface area (Å²) in [5.74, 6) is 0.292. The Labute approximate surface area is 71.8 Å². The maximum absolute atomic E-state index is 11.0. The molecule has 0 spiro atoms. The van der Waals surface area contributed by atoms with E-state index in [1.807, 2.05) is 6.92 Å². The minimum atomic E-state index is -0.0781. The number of hydrogen-bond donors (Lipinski definition) is 1. The molecule has 2 nitrogen and oxygen atoms in total. The molecule has 0 saturated heterocycles. The van der Waals surface area contributed by atoms with Gasteiger partial charge in [-0.05, 0) is 24.6 Å². The molecule has 1 aromatic rings. The second kappa shape index (κ2) is 3.39. The first kappa shape index (κ1) is 8.78. The first-order valence-corrected chi connectivity index (χ1v) is 3.90. The fourth-order valence-electron chi connectivity index (χ4n) is 0.998. The van der Waals surface area contributed by atoms with Gasteiger partial charge < -0.3 is 5.11 Å². The molecule has 0 heterocycles. The lowest BCUT2D eigenvalue weighted by molar-refractivity contribution is -0.118.